The fourth-order valence-corrected chi connectivity index (χ4v) is 5.70. The van der Waals surface area contributed by atoms with Crippen molar-refractivity contribution in [3.8, 4) is 11.1 Å². The van der Waals surface area contributed by atoms with Gasteiger partial charge in [-0.25, -0.2) is 36.1 Å². The van der Waals surface area contributed by atoms with Gasteiger partial charge < -0.3 is 14.4 Å². The number of amides is 1. The van der Waals surface area contributed by atoms with Crippen LogP contribution in [0.2, 0.25) is 0 Å². The number of carboxylic acids is 1. The number of nitrogens with one attached hydrogen (secondary N) is 1. The van der Waals surface area contributed by atoms with Gasteiger partial charge in [-0.05, 0) is 30.5 Å². The van der Waals surface area contributed by atoms with Gasteiger partial charge in [-0.3, -0.25) is 0 Å². The molecule has 1 heterocycles. The minimum Gasteiger partial charge on any atom is -0.476 e. The molecule has 1 aromatic heterocycles. The number of benzene rings is 2. The van der Waals surface area contributed by atoms with Gasteiger partial charge in [0.2, 0.25) is 0 Å². The van der Waals surface area contributed by atoms with E-state index in [1.165, 1.54) is 16.7 Å². The molecular formula is C24H27N3O8S2. The third-order valence-electron chi connectivity index (χ3n) is 5.32. The minimum atomic E-state index is -4.22. The number of carbonyl (C=O) groups is 2. The van der Waals surface area contributed by atoms with Crippen molar-refractivity contribution < 1.29 is 36.3 Å². The standard InChI is InChI=1S/C24H27N3O8S2/c1-4-8-20-25-22(36(3,31)32)21(23(28)29)27(20)15-16-11-13-17(14-12-16)18-9-6-7-10-19(18)37(33,34)26-24(30)35-5-2/h6-7,9-14H,4-5,8,15H2,1-3H3,(H,26,30)(H,28,29). The van der Waals surface area contributed by atoms with Crippen LogP contribution in [-0.2, 0) is 37.6 Å². The Morgan fingerprint density at radius 3 is 2.24 bits per heavy atom. The molecule has 0 radical (unpaired) electrons. The van der Waals surface area contributed by atoms with Crippen LogP contribution in [-0.4, -0.2) is 56.4 Å². The van der Waals surface area contributed by atoms with Crippen molar-refractivity contribution in [2.75, 3.05) is 12.9 Å². The topological polar surface area (TPSA) is 162 Å². The van der Waals surface area contributed by atoms with Crippen molar-refractivity contribution in [1.29, 1.82) is 0 Å². The number of hydrogen-bond donors (Lipinski definition) is 2. The second-order valence-corrected chi connectivity index (χ2v) is 11.7. The fraction of sp³-hybridized carbons (Fsp3) is 0.292. The number of carboxylic acid groups (broad SMARTS) is 1. The molecule has 0 saturated heterocycles. The van der Waals surface area contributed by atoms with Crippen LogP contribution in [0, 0.1) is 0 Å². The molecule has 0 aliphatic heterocycles. The molecule has 11 nitrogen and oxygen atoms in total. The van der Waals surface area contributed by atoms with Crippen LogP contribution < -0.4 is 4.72 Å². The van der Waals surface area contributed by atoms with Crippen molar-refractivity contribution in [3.63, 3.8) is 0 Å². The van der Waals surface area contributed by atoms with E-state index in [0.29, 0.717) is 35.4 Å². The van der Waals surface area contributed by atoms with E-state index in [1.807, 2.05) is 11.6 Å². The van der Waals surface area contributed by atoms with Crippen molar-refractivity contribution in [2.45, 2.75) is 43.2 Å². The van der Waals surface area contributed by atoms with E-state index in [0.717, 1.165) is 6.26 Å². The first kappa shape index (κ1) is 27.9. The first-order valence-electron chi connectivity index (χ1n) is 11.3. The number of carbonyl (C=O) groups excluding carboxylic acids is 1. The first-order valence-corrected chi connectivity index (χ1v) is 14.7. The van der Waals surface area contributed by atoms with Crippen molar-refractivity contribution in [3.05, 3.63) is 65.6 Å². The maximum atomic E-state index is 12.8. The van der Waals surface area contributed by atoms with Gasteiger partial charge >= 0.3 is 12.1 Å². The van der Waals surface area contributed by atoms with E-state index in [1.54, 1.807) is 43.3 Å². The molecule has 0 spiro atoms. The Labute approximate surface area is 215 Å². The van der Waals surface area contributed by atoms with Crippen molar-refractivity contribution in [2.24, 2.45) is 0 Å². The zero-order valence-electron chi connectivity index (χ0n) is 20.5. The van der Waals surface area contributed by atoms with E-state index in [-0.39, 0.29) is 18.0 Å². The van der Waals surface area contributed by atoms with Gasteiger partial charge in [0.05, 0.1) is 11.5 Å². The highest BCUT2D eigenvalue weighted by atomic mass is 32.2. The largest absolute Gasteiger partial charge is 0.476 e. The number of aromatic carboxylic acids is 1. The zero-order chi connectivity index (χ0) is 27.4. The number of aromatic nitrogens is 2. The van der Waals surface area contributed by atoms with Gasteiger partial charge in [-0.2, -0.15) is 0 Å². The molecule has 3 aromatic rings. The third kappa shape index (κ3) is 6.35. The fourth-order valence-electron chi connectivity index (χ4n) is 3.76. The summed E-state index contributed by atoms with van der Waals surface area (Å²) in [5.74, 6) is -1.06. The van der Waals surface area contributed by atoms with Crippen LogP contribution in [0.15, 0.2) is 58.5 Å². The molecule has 0 unspecified atom stereocenters. The first-order chi connectivity index (χ1) is 17.4. The summed E-state index contributed by atoms with van der Waals surface area (Å²) < 4.78 is 57.8. The van der Waals surface area contributed by atoms with Gasteiger partial charge in [0.1, 0.15) is 5.82 Å². The number of nitrogens with zero attached hydrogens (tertiary/aromatic N) is 2. The van der Waals surface area contributed by atoms with Crippen LogP contribution in [0.3, 0.4) is 0 Å². The van der Waals surface area contributed by atoms with Crippen LogP contribution in [0.25, 0.3) is 11.1 Å². The maximum Gasteiger partial charge on any atom is 0.421 e. The Morgan fingerprint density at radius 2 is 1.68 bits per heavy atom. The van der Waals surface area contributed by atoms with Crippen LogP contribution >= 0.6 is 0 Å². The molecule has 0 atom stereocenters. The predicted molar refractivity (Wildman–Crippen MR) is 135 cm³/mol. The predicted octanol–water partition coefficient (Wildman–Crippen LogP) is 3.09. The molecule has 1 amide bonds. The average Bonchev–Trinajstić information content (AvgIpc) is 3.18. The average molecular weight is 550 g/mol. The summed E-state index contributed by atoms with van der Waals surface area (Å²) in [6, 6.07) is 12.8. The summed E-state index contributed by atoms with van der Waals surface area (Å²) in [4.78, 5) is 27.7. The summed E-state index contributed by atoms with van der Waals surface area (Å²) in [5.41, 5.74) is 1.11. The lowest BCUT2D eigenvalue weighted by molar-refractivity contribution is 0.0680. The molecular weight excluding hydrogens is 522 g/mol. The molecule has 198 valence electrons. The summed E-state index contributed by atoms with van der Waals surface area (Å²) in [5, 5.41) is 9.27. The van der Waals surface area contributed by atoms with Crippen LogP contribution in [0.5, 0.6) is 0 Å². The highest BCUT2D eigenvalue weighted by Crippen LogP contribution is 2.28. The second-order valence-electron chi connectivity index (χ2n) is 8.11. The van der Waals surface area contributed by atoms with E-state index in [2.05, 4.69) is 9.72 Å². The molecule has 0 saturated carbocycles. The Hall–Kier alpha value is -3.71. The molecule has 2 N–H and O–H groups in total. The number of sulfonamides is 1. The maximum absolute atomic E-state index is 12.8. The quantitative estimate of drug-likeness (QED) is 0.387. The lowest BCUT2D eigenvalue weighted by Crippen LogP contribution is -2.31. The van der Waals surface area contributed by atoms with Gasteiger partial charge in [0, 0.05) is 24.8 Å². The molecule has 0 bridgehead atoms. The molecule has 37 heavy (non-hydrogen) atoms. The summed E-state index contributed by atoms with van der Waals surface area (Å²) in [6.45, 7) is 3.48. The number of ether oxygens (including phenoxy) is 1. The van der Waals surface area contributed by atoms with Gasteiger partial charge in [-0.15, -0.1) is 0 Å². The SMILES string of the molecule is CCCc1nc(S(C)(=O)=O)c(C(=O)O)n1Cc1ccc(-c2ccccc2S(=O)(=O)NC(=O)OCC)cc1. The van der Waals surface area contributed by atoms with Gasteiger partial charge in [0.15, 0.2) is 20.6 Å². The number of rotatable bonds is 10. The minimum absolute atomic E-state index is 0.0105. The molecule has 3 rings (SSSR count). The number of imidazole rings is 1. The number of hydrogen-bond acceptors (Lipinski definition) is 8. The third-order valence-corrected chi connectivity index (χ3v) is 7.67. The smallest absolute Gasteiger partial charge is 0.421 e. The Balaban J connectivity index is 2.00. The molecule has 13 heteroatoms. The Morgan fingerprint density at radius 1 is 1.03 bits per heavy atom. The summed E-state index contributed by atoms with van der Waals surface area (Å²) >= 11 is 0. The molecule has 0 aliphatic rings. The van der Waals surface area contributed by atoms with Crippen molar-refractivity contribution >= 4 is 31.9 Å². The van der Waals surface area contributed by atoms with Gasteiger partial charge in [0.25, 0.3) is 10.0 Å². The molecule has 0 aliphatic carbocycles. The van der Waals surface area contributed by atoms with Gasteiger partial charge in [-0.1, -0.05) is 49.4 Å². The highest BCUT2D eigenvalue weighted by Gasteiger charge is 2.28. The number of aryl methyl sites for hydroxylation is 1. The molecule has 2 aromatic carbocycles. The number of sulfone groups is 1. The van der Waals surface area contributed by atoms with E-state index < -0.39 is 42.6 Å². The zero-order valence-corrected chi connectivity index (χ0v) is 22.1. The monoisotopic (exact) mass is 549 g/mol. The highest BCUT2D eigenvalue weighted by molar-refractivity contribution is 7.90. The van der Waals surface area contributed by atoms with Crippen LogP contribution in [0.1, 0.15) is 42.1 Å². The normalized spacial score (nSPS) is 11.8. The van der Waals surface area contributed by atoms with Crippen molar-refractivity contribution in [1.82, 2.24) is 14.3 Å². The summed E-state index contributed by atoms with van der Waals surface area (Å²) in [7, 11) is -8.09. The second kappa shape index (κ2) is 11.1. The van der Waals surface area contributed by atoms with E-state index >= 15 is 0 Å². The van der Waals surface area contributed by atoms with Crippen LogP contribution in [0.4, 0.5) is 4.79 Å². The Kier molecular flexibility index (Phi) is 8.39. The lowest BCUT2D eigenvalue weighted by atomic mass is 10.0. The lowest BCUT2D eigenvalue weighted by Gasteiger charge is -2.13. The van der Waals surface area contributed by atoms with E-state index in [4.69, 9.17) is 0 Å². The molecule has 0 fully saturated rings. The van der Waals surface area contributed by atoms with E-state index in [9.17, 15) is 31.5 Å². The summed E-state index contributed by atoms with van der Waals surface area (Å²) in [6.07, 6.45) is 0.841. The Bertz CT molecular complexity index is 1530.